The lowest BCUT2D eigenvalue weighted by atomic mass is 9.71. The molecule has 0 saturated carbocycles. The maximum absolute atomic E-state index is 13.4. The zero-order chi connectivity index (χ0) is 13.3. The number of piperidine rings is 1. The average molecular weight is 267 g/mol. The van der Waals surface area contributed by atoms with E-state index < -0.39 is 11.6 Å². The molecule has 2 aliphatic heterocycles. The van der Waals surface area contributed by atoms with E-state index in [2.05, 4.69) is 5.32 Å². The number of hydrogen-bond acceptors (Lipinski definition) is 2. The Balaban J connectivity index is 1.79. The molecule has 104 valence electrons. The minimum Gasteiger partial charge on any atom is -0.379 e. The molecule has 0 aromatic heterocycles. The monoisotopic (exact) mass is 267 g/mol. The Kier molecular flexibility index (Phi) is 3.54. The molecule has 2 nitrogen and oxygen atoms in total. The van der Waals surface area contributed by atoms with Crippen LogP contribution in [0.3, 0.4) is 0 Å². The fourth-order valence-corrected chi connectivity index (χ4v) is 3.23. The van der Waals surface area contributed by atoms with Crippen molar-refractivity contribution in [3.8, 4) is 0 Å². The van der Waals surface area contributed by atoms with E-state index in [0.717, 1.165) is 25.1 Å². The van der Waals surface area contributed by atoms with Crippen LogP contribution in [0.15, 0.2) is 18.2 Å². The highest BCUT2D eigenvalue weighted by Crippen LogP contribution is 2.40. The first-order valence-corrected chi connectivity index (χ1v) is 6.94. The lowest BCUT2D eigenvalue weighted by Crippen LogP contribution is -2.49. The van der Waals surface area contributed by atoms with Crippen LogP contribution in [0, 0.1) is 17.6 Å². The van der Waals surface area contributed by atoms with Gasteiger partial charge < -0.3 is 10.1 Å². The van der Waals surface area contributed by atoms with Crippen molar-refractivity contribution in [1.29, 1.82) is 0 Å². The summed E-state index contributed by atoms with van der Waals surface area (Å²) in [6.07, 6.45) is 3.39. The number of ether oxygens (including phenoxy) is 1. The highest BCUT2D eigenvalue weighted by molar-refractivity contribution is 5.29. The third-order valence-corrected chi connectivity index (χ3v) is 4.37. The minimum absolute atomic E-state index is 0.113. The van der Waals surface area contributed by atoms with Gasteiger partial charge in [0.1, 0.15) is 0 Å². The molecule has 0 bridgehead atoms. The molecule has 0 aliphatic carbocycles. The quantitative estimate of drug-likeness (QED) is 0.909. The second kappa shape index (κ2) is 5.17. The van der Waals surface area contributed by atoms with Gasteiger partial charge in [0, 0.05) is 5.41 Å². The summed E-state index contributed by atoms with van der Waals surface area (Å²) >= 11 is 0. The van der Waals surface area contributed by atoms with Gasteiger partial charge in [-0.1, -0.05) is 6.07 Å². The van der Waals surface area contributed by atoms with Crippen molar-refractivity contribution in [1.82, 2.24) is 5.32 Å². The molecule has 4 heteroatoms. The van der Waals surface area contributed by atoms with Crippen molar-refractivity contribution < 1.29 is 13.5 Å². The summed E-state index contributed by atoms with van der Waals surface area (Å²) in [6.45, 7) is 3.35. The third-order valence-electron chi connectivity index (χ3n) is 4.37. The first-order valence-electron chi connectivity index (χ1n) is 6.94. The minimum atomic E-state index is -0.779. The van der Waals surface area contributed by atoms with E-state index in [0.29, 0.717) is 19.1 Å². The molecule has 2 aliphatic rings. The van der Waals surface area contributed by atoms with Crippen LogP contribution in [0.4, 0.5) is 8.78 Å². The highest BCUT2D eigenvalue weighted by Gasteiger charge is 2.42. The molecule has 0 spiro atoms. The predicted octanol–water partition coefficient (Wildman–Crippen LogP) is 2.62. The van der Waals surface area contributed by atoms with E-state index >= 15 is 0 Å². The molecule has 0 radical (unpaired) electrons. The Bertz CT molecular complexity index is 453. The van der Waals surface area contributed by atoms with Crippen molar-refractivity contribution in [3.63, 3.8) is 0 Å². The molecular weight excluding hydrogens is 248 g/mol. The van der Waals surface area contributed by atoms with E-state index in [4.69, 9.17) is 4.74 Å². The first-order chi connectivity index (χ1) is 9.20. The maximum Gasteiger partial charge on any atom is 0.159 e. The number of hydrogen-bond donors (Lipinski definition) is 1. The Morgan fingerprint density at radius 3 is 2.68 bits per heavy atom. The fourth-order valence-electron chi connectivity index (χ4n) is 3.23. The number of halogens is 2. The Morgan fingerprint density at radius 2 is 2.11 bits per heavy atom. The van der Waals surface area contributed by atoms with Crippen LogP contribution in [0.25, 0.3) is 0 Å². The summed E-state index contributed by atoms with van der Waals surface area (Å²) in [5.41, 5.74) is 0.765. The zero-order valence-corrected chi connectivity index (χ0v) is 10.9. The number of nitrogens with one attached hydrogen (secondary N) is 1. The lowest BCUT2D eigenvalue weighted by molar-refractivity contribution is -0.0728. The van der Waals surface area contributed by atoms with E-state index in [1.165, 1.54) is 25.0 Å². The standard InChI is InChI=1S/C15H19F2NO/c16-13-4-3-12(6-14(13)17)15(9-19-10-15)7-11-2-1-5-18-8-11/h3-4,6,11,18H,1-2,5,7-10H2. The van der Waals surface area contributed by atoms with Crippen LogP contribution in [0.2, 0.25) is 0 Å². The third kappa shape index (κ3) is 2.51. The van der Waals surface area contributed by atoms with Crippen LogP contribution in [0.1, 0.15) is 24.8 Å². The lowest BCUT2D eigenvalue weighted by Gasteiger charge is -2.45. The topological polar surface area (TPSA) is 21.3 Å². The van der Waals surface area contributed by atoms with Gasteiger partial charge in [0.2, 0.25) is 0 Å². The van der Waals surface area contributed by atoms with Gasteiger partial charge in [0.15, 0.2) is 11.6 Å². The second-order valence-electron chi connectivity index (χ2n) is 5.82. The predicted molar refractivity (Wildman–Crippen MR) is 69.1 cm³/mol. The van der Waals surface area contributed by atoms with Gasteiger partial charge >= 0.3 is 0 Å². The molecule has 1 N–H and O–H groups in total. The van der Waals surface area contributed by atoms with Crippen LogP contribution < -0.4 is 5.32 Å². The van der Waals surface area contributed by atoms with Crippen molar-refractivity contribution in [2.24, 2.45) is 5.92 Å². The number of rotatable bonds is 3. The normalized spacial score (nSPS) is 25.9. The summed E-state index contributed by atoms with van der Waals surface area (Å²) in [6, 6.07) is 4.27. The summed E-state index contributed by atoms with van der Waals surface area (Å²) < 4.78 is 31.8. The molecule has 2 fully saturated rings. The summed E-state index contributed by atoms with van der Waals surface area (Å²) in [4.78, 5) is 0. The first kappa shape index (κ1) is 13.0. The smallest absolute Gasteiger partial charge is 0.159 e. The van der Waals surface area contributed by atoms with Gasteiger partial charge in [-0.05, 0) is 56.0 Å². The largest absolute Gasteiger partial charge is 0.379 e. The van der Waals surface area contributed by atoms with Crippen molar-refractivity contribution in [2.75, 3.05) is 26.3 Å². The molecular formula is C15H19F2NO. The fraction of sp³-hybridized carbons (Fsp3) is 0.600. The van der Waals surface area contributed by atoms with E-state index in [-0.39, 0.29) is 5.41 Å². The molecule has 1 aromatic carbocycles. The average Bonchev–Trinajstić information content (AvgIpc) is 2.38. The van der Waals surface area contributed by atoms with Gasteiger partial charge in [0.25, 0.3) is 0 Å². The van der Waals surface area contributed by atoms with Gasteiger partial charge in [-0.25, -0.2) is 8.78 Å². The summed E-state index contributed by atoms with van der Waals surface area (Å²) in [5, 5.41) is 3.40. The molecule has 0 amide bonds. The summed E-state index contributed by atoms with van der Waals surface area (Å²) in [5.74, 6) is -0.935. The van der Waals surface area contributed by atoms with Crippen LogP contribution >= 0.6 is 0 Å². The van der Waals surface area contributed by atoms with Gasteiger partial charge in [0.05, 0.1) is 13.2 Å². The molecule has 2 saturated heterocycles. The maximum atomic E-state index is 13.4. The molecule has 3 rings (SSSR count). The Hall–Kier alpha value is -1.00. The molecule has 1 aromatic rings. The Morgan fingerprint density at radius 1 is 1.26 bits per heavy atom. The summed E-state index contributed by atoms with van der Waals surface area (Å²) in [7, 11) is 0. The Labute approximate surface area is 112 Å². The van der Waals surface area contributed by atoms with Crippen molar-refractivity contribution in [3.05, 3.63) is 35.4 Å². The van der Waals surface area contributed by atoms with Crippen molar-refractivity contribution >= 4 is 0 Å². The van der Waals surface area contributed by atoms with Gasteiger partial charge in [-0.15, -0.1) is 0 Å². The van der Waals surface area contributed by atoms with E-state index in [9.17, 15) is 8.78 Å². The van der Waals surface area contributed by atoms with Gasteiger partial charge in [-0.2, -0.15) is 0 Å². The molecule has 19 heavy (non-hydrogen) atoms. The van der Waals surface area contributed by atoms with Crippen LogP contribution in [-0.2, 0) is 10.2 Å². The van der Waals surface area contributed by atoms with Crippen molar-refractivity contribution in [2.45, 2.75) is 24.7 Å². The zero-order valence-electron chi connectivity index (χ0n) is 10.9. The van der Waals surface area contributed by atoms with E-state index in [1.54, 1.807) is 6.07 Å². The van der Waals surface area contributed by atoms with E-state index in [1.807, 2.05) is 0 Å². The van der Waals surface area contributed by atoms with Gasteiger partial charge in [-0.3, -0.25) is 0 Å². The van der Waals surface area contributed by atoms with Crippen LogP contribution in [0.5, 0.6) is 0 Å². The molecule has 1 atom stereocenters. The van der Waals surface area contributed by atoms with Crippen LogP contribution in [-0.4, -0.2) is 26.3 Å². The SMILES string of the molecule is Fc1ccc(C2(CC3CCCNC3)COC2)cc1F. The molecule has 1 unspecified atom stereocenters. The molecule has 2 heterocycles. The highest BCUT2D eigenvalue weighted by atomic mass is 19.2. The second-order valence-corrected chi connectivity index (χ2v) is 5.82. The number of benzene rings is 1.